The molecule has 2 N–H and O–H groups in total. The van der Waals surface area contributed by atoms with Crippen LogP contribution in [0.2, 0.25) is 0 Å². The summed E-state index contributed by atoms with van der Waals surface area (Å²) in [6.07, 6.45) is -6.40. The van der Waals surface area contributed by atoms with Gasteiger partial charge in [-0.05, 0) is 31.9 Å². The number of aryl methyl sites for hydroxylation is 3. The molecule has 0 bridgehead atoms. The quantitative estimate of drug-likeness (QED) is 0.891. The van der Waals surface area contributed by atoms with Crippen molar-refractivity contribution >= 4 is 0 Å². The van der Waals surface area contributed by atoms with Gasteiger partial charge in [0, 0.05) is 6.54 Å². The highest BCUT2D eigenvalue weighted by Crippen LogP contribution is 2.30. The monoisotopic (exact) mass is 247 g/mol. The number of nitrogens with two attached hydrogens (primary N) is 1. The van der Waals surface area contributed by atoms with Crippen molar-refractivity contribution in [3.8, 4) is 5.75 Å². The van der Waals surface area contributed by atoms with Crippen molar-refractivity contribution < 1.29 is 17.9 Å². The molecule has 1 rings (SSSR count). The van der Waals surface area contributed by atoms with Crippen LogP contribution in [0.4, 0.5) is 13.2 Å². The van der Waals surface area contributed by atoms with Gasteiger partial charge in [0.2, 0.25) is 6.10 Å². The summed E-state index contributed by atoms with van der Waals surface area (Å²) in [6.45, 7) is 4.74. The van der Waals surface area contributed by atoms with Gasteiger partial charge in [-0.2, -0.15) is 13.2 Å². The smallest absolute Gasteiger partial charge is 0.426 e. The minimum absolute atomic E-state index is 0.267. The van der Waals surface area contributed by atoms with E-state index in [1.165, 1.54) is 0 Å². The molecule has 0 aromatic heterocycles. The lowest BCUT2D eigenvalue weighted by Gasteiger charge is -2.22. The maximum Gasteiger partial charge on any atom is 0.426 e. The number of alkyl halides is 3. The van der Waals surface area contributed by atoms with Gasteiger partial charge in [-0.1, -0.05) is 17.7 Å². The summed E-state index contributed by atoms with van der Waals surface area (Å²) >= 11 is 0. The van der Waals surface area contributed by atoms with Crippen LogP contribution >= 0.6 is 0 Å². The molecule has 0 amide bonds. The Hall–Kier alpha value is -1.23. The van der Waals surface area contributed by atoms with Crippen molar-refractivity contribution in [2.45, 2.75) is 33.1 Å². The third kappa shape index (κ3) is 3.36. The van der Waals surface area contributed by atoms with E-state index in [1.54, 1.807) is 26.0 Å². The fourth-order valence-corrected chi connectivity index (χ4v) is 1.74. The van der Waals surface area contributed by atoms with E-state index in [9.17, 15) is 13.2 Å². The summed E-state index contributed by atoms with van der Waals surface area (Å²) in [5, 5.41) is 0. The van der Waals surface area contributed by atoms with Crippen LogP contribution in [0.5, 0.6) is 5.75 Å². The zero-order valence-electron chi connectivity index (χ0n) is 10.1. The minimum Gasteiger partial charge on any atom is -0.479 e. The number of ether oxygens (including phenoxy) is 1. The van der Waals surface area contributed by atoms with Crippen LogP contribution in [0, 0.1) is 20.8 Å². The molecule has 0 spiro atoms. The molecule has 0 fully saturated rings. The van der Waals surface area contributed by atoms with Gasteiger partial charge in [0.15, 0.2) is 0 Å². The molecular weight excluding hydrogens is 231 g/mol. The lowest BCUT2D eigenvalue weighted by Crippen LogP contribution is -2.41. The molecule has 1 aromatic carbocycles. The Kier molecular flexibility index (Phi) is 4.03. The lowest BCUT2D eigenvalue weighted by molar-refractivity contribution is -0.191. The predicted octanol–water partition coefficient (Wildman–Crippen LogP) is 2.88. The zero-order chi connectivity index (χ0) is 13.2. The van der Waals surface area contributed by atoms with Gasteiger partial charge in [0.05, 0.1) is 0 Å². The summed E-state index contributed by atoms with van der Waals surface area (Å²) in [5.74, 6) is 0.267. The molecule has 0 saturated carbocycles. The molecular formula is C12H16F3NO. The largest absolute Gasteiger partial charge is 0.479 e. The molecule has 0 aliphatic carbocycles. The molecule has 5 heteroatoms. The van der Waals surface area contributed by atoms with E-state index in [1.807, 2.05) is 6.92 Å². The van der Waals surface area contributed by atoms with E-state index in [0.29, 0.717) is 11.1 Å². The summed E-state index contributed by atoms with van der Waals surface area (Å²) in [7, 11) is 0. The standard InChI is InChI=1S/C12H16F3NO/c1-7-4-8(2)11(9(3)5-7)17-10(6-16)12(13,14)15/h4-5,10H,6,16H2,1-3H3. The average molecular weight is 247 g/mol. The van der Waals surface area contributed by atoms with Crippen molar-refractivity contribution in [3.63, 3.8) is 0 Å². The SMILES string of the molecule is Cc1cc(C)c(OC(CN)C(F)(F)F)c(C)c1. The first-order chi connectivity index (χ1) is 7.75. The van der Waals surface area contributed by atoms with Crippen molar-refractivity contribution in [3.05, 3.63) is 28.8 Å². The first kappa shape index (κ1) is 13.8. The van der Waals surface area contributed by atoms with E-state index in [2.05, 4.69) is 0 Å². The van der Waals surface area contributed by atoms with E-state index in [0.717, 1.165) is 5.56 Å². The second kappa shape index (κ2) is 4.96. The topological polar surface area (TPSA) is 35.2 Å². The first-order valence-corrected chi connectivity index (χ1v) is 5.27. The molecule has 1 atom stereocenters. The van der Waals surface area contributed by atoms with Gasteiger partial charge in [0.1, 0.15) is 5.75 Å². The Bertz CT molecular complexity index is 378. The summed E-state index contributed by atoms with van der Waals surface area (Å²) in [4.78, 5) is 0. The van der Waals surface area contributed by atoms with Crippen LogP contribution in [0.25, 0.3) is 0 Å². The third-order valence-corrected chi connectivity index (χ3v) is 2.44. The summed E-state index contributed by atoms with van der Waals surface area (Å²) in [6, 6.07) is 3.57. The van der Waals surface area contributed by atoms with Gasteiger partial charge in [0.25, 0.3) is 0 Å². The normalized spacial score (nSPS) is 13.6. The molecule has 2 nitrogen and oxygen atoms in total. The van der Waals surface area contributed by atoms with Gasteiger partial charge in [-0.15, -0.1) is 0 Å². The Morgan fingerprint density at radius 3 is 2.00 bits per heavy atom. The molecule has 0 heterocycles. The molecule has 0 radical (unpaired) electrons. The molecule has 1 unspecified atom stereocenters. The van der Waals surface area contributed by atoms with Crippen LogP contribution in [0.15, 0.2) is 12.1 Å². The Balaban J connectivity index is 3.02. The van der Waals surface area contributed by atoms with E-state index < -0.39 is 18.8 Å². The number of halogens is 3. The second-order valence-corrected chi connectivity index (χ2v) is 4.11. The highest BCUT2D eigenvalue weighted by molar-refractivity contribution is 5.43. The summed E-state index contributed by atoms with van der Waals surface area (Å²) in [5.41, 5.74) is 7.45. The van der Waals surface area contributed by atoms with E-state index in [4.69, 9.17) is 10.5 Å². The number of hydrogen-bond donors (Lipinski definition) is 1. The Morgan fingerprint density at radius 1 is 1.18 bits per heavy atom. The molecule has 96 valence electrons. The molecule has 0 aliphatic heterocycles. The van der Waals surface area contributed by atoms with Crippen LogP contribution in [-0.2, 0) is 0 Å². The Morgan fingerprint density at radius 2 is 1.65 bits per heavy atom. The first-order valence-electron chi connectivity index (χ1n) is 5.27. The minimum atomic E-state index is -4.45. The molecule has 0 saturated heterocycles. The van der Waals surface area contributed by atoms with Crippen LogP contribution in [0.1, 0.15) is 16.7 Å². The fourth-order valence-electron chi connectivity index (χ4n) is 1.74. The van der Waals surface area contributed by atoms with Crippen LogP contribution < -0.4 is 10.5 Å². The van der Waals surface area contributed by atoms with Crippen LogP contribution in [-0.4, -0.2) is 18.8 Å². The van der Waals surface area contributed by atoms with Crippen molar-refractivity contribution in [2.24, 2.45) is 5.73 Å². The zero-order valence-corrected chi connectivity index (χ0v) is 10.1. The van der Waals surface area contributed by atoms with Gasteiger partial charge >= 0.3 is 6.18 Å². The van der Waals surface area contributed by atoms with E-state index in [-0.39, 0.29) is 5.75 Å². The number of rotatable bonds is 3. The van der Waals surface area contributed by atoms with Crippen molar-refractivity contribution in [2.75, 3.05) is 6.54 Å². The van der Waals surface area contributed by atoms with Crippen LogP contribution in [0.3, 0.4) is 0 Å². The molecule has 1 aromatic rings. The number of hydrogen-bond acceptors (Lipinski definition) is 2. The third-order valence-electron chi connectivity index (χ3n) is 2.44. The van der Waals surface area contributed by atoms with Crippen molar-refractivity contribution in [1.82, 2.24) is 0 Å². The van der Waals surface area contributed by atoms with E-state index >= 15 is 0 Å². The predicted molar refractivity (Wildman–Crippen MR) is 60.2 cm³/mol. The van der Waals surface area contributed by atoms with Gasteiger partial charge in [-0.25, -0.2) is 0 Å². The van der Waals surface area contributed by atoms with Gasteiger partial charge in [-0.3, -0.25) is 0 Å². The number of benzene rings is 1. The van der Waals surface area contributed by atoms with Gasteiger partial charge < -0.3 is 10.5 Å². The highest BCUT2D eigenvalue weighted by atomic mass is 19.4. The second-order valence-electron chi connectivity index (χ2n) is 4.11. The lowest BCUT2D eigenvalue weighted by atomic mass is 10.1. The molecule has 0 aliphatic rings. The Labute approximate surface area is 98.6 Å². The average Bonchev–Trinajstić information content (AvgIpc) is 2.14. The molecule has 17 heavy (non-hydrogen) atoms. The van der Waals surface area contributed by atoms with Crippen molar-refractivity contribution in [1.29, 1.82) is 0 Å². The maximum absolute atomic E-state index is 12.5. The highest BCUT2D eigenvalue weighted by Gasteiger charge is 2.41. The maximum atomic E-state index is 12.5. The summed E-state index contributed by atoms with van der Waals surface area (Å²) < 4.78 is 42.6. The fraction of sp³-hybridized carbons (Fsp3) is 0.500.